The fourth-order valence-corrected chi connectivity index (χ4v) is 2.61. The molecule has 9 heteroatoms. The van der Waals surface area contributed by atoms with Gasteiger partial charge in [-0.05, 0) is 26.2 Å². The van der Waals surface area contributed by atoms with Gasteiger partial charge in [-0.15, -0.1) is 23.2 Å². The number of anilines is 1. The maximum Gasteiger partial charge on any atom is 0.305 e. The van der Waals surface area contributed by atoms with Gasteiger partial charge in [0.15, 0.2) is 0 Å². The summed E-state index contributed by atoms with van der Waals surface area (Å²) in [5.41, 5.74) is 0.155. The third-order valence-electron chi connectivity index (χ3n) is 3.34. The molecule has 0 saturated carbocycles. The number of carbonyl (C=O) groups excluding carboxylic acids is 1. The lowest BCUT2D eigenvalue weighted by atomic mass is 10.1. The van der Waals surface area contributed by atoms with E-state index in [0.29, 0.717) is 43.6 Å². The first-order chi connectivity index (χ1) is 11.4. The largest absolute Gasteiger partial charge is 0.364 e. The topological polar surface area (TPSA) is 78.7 Å². The minimum atomic E-state index is -0.536. The third-order valence-corrected chi connectivity index (χ3v) is 3.67. The molecule has 7 nitrogen and oxygen atoms in total. The second-order valence-corrected chi connectivity index (χ2v) is 6.11. The first kappa shape index (κ1) is 20.5. The van der Waals surface area contributed by atoms with Crippen LogP contribution in [-0.4, -0.2) is 67.8 Å². The molecule has 24 heavy (non-hydrogen) atoms. The number of amides is 1. The van der Waals surface area contributed by atoms with Crippen molar-refractivity contribution in [3.05, 3.63) is 33.9 Å². The Kier molecular flexibility index (Phi) is 8.81. The van der Waals surface area contributed by atoms with Crippen LogP contribution in [0.2, 0.25) is 0 Å². The Bertz CT molecular complexity index is 564. The van der Waals surface area contributed by atoms with E-state index in [-0.39, 0.29) is 11.3 Å². The number of nitrogens with zero attached hydrogens (tertiary/aromatic N) is 3. The molecule has 0 saturated heterocycles. The van der Waals surface area contributed by atoms with Crippen LogP contribution in [0.5, 0.6) is 0 Å². The highest BCUT2D eigenvalue weighted by molar-refractivity contribution is 6.18. The molecule has 1 aromatic carbocycles. The Morgan fingerprint density at radius 3 is 2.33 bits per heavy atom. The number of nitro groups is 1. The Balaban J connectivity index is 3.14. The molecule has 0 aliphatic carbocycles. The maximum atomic E-state index is 12.3. The highest BCUT2D eigenvalue weighted by Crippen LogP contribution is 2.32. The number of nitrogens with one attached hydrogen (secondary N) is 1. The number of para-hydroxylation sites is 1. The second kappa shape index (κ2) is 10.3. The van der Waals surface area contributed by atoms with Gasteiger partial charge in [-0.2, -0.15) is 0 Å². The molecule has 1 N–H and O–H groups in total. The third kappa shape index (κ3) is 5.81. The highest BCUT2D eigenvalue weighted by Gasteiger charge is 2.27. The maximum absolute atomic E-state index is 12.3. The Morgan fingerprint density at radius 1 is 1.21 bits per heavy atom. The number of likely N-dealkylation sites (N-methyl/N-ethyl adjacent to an activating group) is 1. The summed E-state index contributed by atoms with van der Waals surface area (Å²) in [6, 6.07) is 4.68. The molecule has 0 radical (unpaired) electrons. The van der Waals surface area contributed by atoms with Gasteiger partial charge in [-0.3, -0.25) is 14.9 Å². The van der Waals surface area contributed by atoms with Crippen molar-refractivity contribution in [2.24, 2.45) is 0 Å². The van der Waals surface area contributed by atoms with Crippen molar-refractivity contribution in [1.29, 1.82) is 0 Å². The Hall–Kier alpha value is -1.57. The molecule has 0 spiro atoms. The van der Waals surface area contributed by atoms with E-state index in [9.17, 15) is 14.9 Å². The molecule has 0 bridgehead atoms. The van der Waals surface area contributed by atoms with Crippen molar-refractivity contribution in [3.8, 4) is 0 Å². The number of hydrogen-bond acceptors (Lipinski definition) is 5. The molecule has 0 aliphatic heterocycles. The van der Waals surface area contributed by atoms with Gasteiger partial charge in [-0.1, -0.05) is 6.07 Å². The second-order valence-electron chi connectivity index (χ2n) is 5.35. The van der Waals surface area contributed by atoms with Crippen LogP contribution in [0.1, 0.15) is 10.4 Å². The van der Waals surface area contributed by atoms with Gasteiger partial charge in [-0.25, -0.2) is 0 Å². The number of rotatable bonds is 10. The standard InChI is InChI=1S/C15H22Cl2N4O3/c1-19(2)11-8-18-15(22)12-4-3-5-13(14(12)21(23)24)20(9-6-16)10-7-17/h3-5H,6-11H2,1-2H3,(H,18,22). The van der Waals surface area contributed by atoms with Crippen molar-refractivity contribution in [2.45, 2.75) is 0 Å². The summed E-state index contributed by atoms with van der Waals surface area (Å²) >= 11 is 11.6. The molecule has 0 fully saturated rings. The van der Waals surface area contributed by atoms with Crippen molar-refractivity contribution in [2.75, 3.05) is 56.9 Å². The number of hydrogen-bond donors (Lipinski definition) is 1. The predicted octanol–water partition coefficient (Wildman–Crippen LogP) is 2.17. The minimum Gasteiger partial charge on any atom is -0.364 e. The van der Waals surface area contributed by atoms with E-state index in [0.717, 1.165) is 0 Å². The Morgan fingerprint density at radius 2 is 1.83 bits per heavy atom. The number of benzene rings is 1. The van der Waals surface area contributed by atoms with Gasteiger partial charge in [0, 0.05) is 37.9 Å². The van der Waals surface area contributed by atoms with Crippen LogP contribution in [0.25, 0.3) is 0 Å². The first-order valence-electron chi connectivity index (χ1n) is 7.49. The SMILES string of the molecule is CN(C)CCNC(=O)c1cccc(N(CCCl)CCCl)c1[N+](=O)[O-]. The summed E-state index contributed by atoms with van der Waals surface area (Å²) < 4.78 is 0. The summed E-state index contributed by atoms with van der Waals surface area (Å²) in [6.45, 7) is 1.85. The van der Waals surface area contributed by atoms with Crippen molar-refractivity contribution < 1.29 is 9.72 Å². The zero-order valence-corrected chi connectivity index (χ0v) is 15.3. The molecule has 0 atom stereocenters. The average molecular weight is 377 g/mol. The number of nitro benzene ring substituents is 1. The van der Waals surface area contributed by atoms with Crippen LogP contribution in [0, 0.1) is 10.1 Å². The minimum absolute atomic E-state index is 0.0328. The molecule has 134 valence electrons. The van der Waals surface area contributed by atoms with Crippen LogP contribution in [-0.2, 0) is 0 Å². The van der Waals surface area contributed by atoms with Crippen LogP contribution in [0.4, 0.5) is 11.4 Å². The number of halogens is 2. The molecule has 1 aromatic rings. The zero-order chi connectivity index (χ0) is 18.1. The van der Waals surface area contributed by atoms with Crippen LogP contribution in [0.15, 0.2) is 18.2 Å². The summed E-state index contributed by atoms with van der Waals surface area (Å²) in [7, 11) is 3.76. The fraction of sp³-hybridized carbons (Fsp3) is 0.533. The molecule has 1 rings (SSSR count). The lowest BCUT2D eigenvalue weighted by Gasteiger charge is -2.23. The van der Waals surface area contributed by atoms with E-state index in [1.807, 2.05) is 19.0 Å². The smallest absolute Gasteiger partial charge is 0.305 e. The molecular weight excluding hydrogens is 355 g/mol. The lowest BCUT2D eigenvalue weighted by Crippen LogP contribution is -2.32. The van der Waals surface area contributed by atoms with Crippen molar-refractivity contribution in [3.63, 3.8) is 0 Å². The van der Waals surface area contributed by atoms with Gasteiger partial charge in [0.05, 0.1) is 4.92 Å². The first-order valence-corrected chi connectivity index (χ1v) is 8.56. The van der Waals surface area contributed by atoms with Crippen molar-refractivity contribution >= 4 is 40.5 Å². The number of carbonyl (C=O) groups is 1. The highest BCUT2D eigenvalue weighted by atomic mass is 35.5. The van der Waals surface area contributed by atoms with E-state index in [2.05, 4.69) is 5.32 Å². The van der Waals surface area contributed by atoms with E-state index < -0.39 is 10.8 Å². The summed E-state index contributed by atoms with van der Waals surface area (Å²) in [6.07, 6.45) is 0. The normalized spacial score (nSPS) is 10.7. The van der Waals surface area contributed by atoms with Gasteiger partial charge in [0.1, 0.15) is 11.3 Å². The molecule has 0 heterocycles. The predicted molar refractivity (Wildman–Crippen MR) is 97.6 cm³/mol. The van der Waals surface area contributed by atoms with E-state index >= 15 is 0 Å². The van der Waals surface area contributed by atoms with Crippen molar-refractivity contribution in [1.82, 2.24) is 10.2 Å². The average Bonchev–Trinajstić information content (AvgIpc) is 2.53. The fourth-order valence-electron chi connectivity index (χ4n) is 2.21. The molecule has 0 aliphatic rings. The van der Waals surface area contributed by atoms with Crippen LogP contribution < -0.4 is 10.2 Å². The quantitative estimate of drug-likeness (QED) is 0.384. The van der Waals surface area contributed by atoms with Gasteiger partial charge >= 0.3 is 5.69 Å². The number of alkyl halides is 2. The molecule has 0 unspecified atom stereocenters. The Labute approximate surface area is 151 Å². The molecule has 1 amide bonds. The van der Waals surface area contributed by atoms with E-state index in [4.69, 9.17) is 23.2 Å². The van der Waals surface area contributed by atoms with Gasteiger partial charge in [0.25, 0.3) is 5.91 Å². The van der Waals surface area contributed by atoms with Gasteiger partial charge < -0.3 is 15.1 Å². The van der Waals surface area contributed by atoms with E-state index in [1.54, 1.807) is 17.0 Å². The molecule has 0 aromatic heterocycles. The lowest BCUT2D eigenvalue weighted by molar-refractivity contribution is -0.384. The van der Waals surface area contributed by atoms with Crippen LogP contribution in [0.3, 0.4) is 0 Å². The van der Waals surface area contributed by atoms with Gasteiger partial charge in [0.2, 0.25) is 0 Å². The summed E-state index contributed by atoms with van der Waals surface area (Å²) in [5, 5.41) is 14.3. The monoisotopic (exact) mass is 376 g/mol. The summed E-state index contributed by atoms with van der Waals surface area (Å²) in [4.78, 5) is 27.0. The van der Waals surface area contributed by atoms with E-state index in [1.165, 1.54) is 6.07 Å². The summed E-state index contributed by atoms with van der Waals surface area (Å²) in [5.74, 6) is 0.128. The zero-order valence-electron chi connectivity index (χ0n) is 13.8. The van der Waals surface area contributed by atoms with Crippen LogP contribution >= 0.6 is 23.2 Å². The molecular formula is C15H22Cl2N4O3.